The predicted molar refractivity (Wildman–Crippen MR) is 177 cm³/mol. The van der Waals surface area contributed by atoms with E-state index < -0.39 is 17.4 Å². The normalized spacial score (nSPS) is 15.7. The minimum atomic E-state index is -0.696. The van der Waals surface area contributed by atoms with Gasteiger partial charge in [-0.1, -0.05) is 51.4 Å². The maximum atomic E-state index is 14.6. The molecule has 1 amide bonds. The van der Waals surface area contributed by atoms with Gasteiger partial charge in [-0.15, -0.1) is 4.57 Å². The average molecular weight is 650 g/mol. The van der Waals surface area contributed by atoms with E-state index in [1.807, 2.05) is 60.3 Å². The van der Waals surface area contributed by atoms with Gasteiger partial charge in [0, 0.05) is 25.7 Å². The number of piperazine rings is 1. The predicted octanol–water partition coefficient (Wildman–Crippen LogP) is 5.53. The third-order valence-corrected chi connectivity index (χ3v) is 8.17. The van der Waals surface area contributed by atoms with Gasteiger partial charge in [-0.05, 0) is 57.7 Å². The lowest BCUT2D eigenvalue weighted by Gasteiger charge is -2.40. The van der Waals surface area contributed by atoms with Gasteiger partial charge in [0.15, 0.2) is 17.2 Å². The van der Waals surface area contributed by atoms with Crippen molar-refractivity contribution in [1.29, 1.82) is 0 Å². The van der Waals surface area contributed by atoms with Crippen LogP contribution in [0.2, 0.25) is 5.02 Å². The quantitative estimate of drug-likeness (QED) is 0.218. The standard InChI is InChI=1S/C33H40ClN7O5/c1-18(2)25-28(26(19(3)4)36-17-35-25)40-30-22(15-23(34)27(41(30)45)21-11-9-10-12-24(21)42)29(37-31(40)43)39-14-13-38(16-20(39)5)32(44)46-33(6,7)8/h9-12,15,17-20,42H,13-14,16H2,1-8H3/t20-/m0/s1. The first-order chi connectivity index (χ1) is 21.6. The zero-order chi connectivity index (χ0) is 33.7. The molecule has 1 fully saturated rings. The minimum absolute atomic E-state index is 0.0191. The van der Waals surface area contributed by atoms with Crippen LogP contribution in [-0.2, 0) is 4.74 Å². The number of benzene rings is 1. The van der Waals surface area contributed by atoms with Crippen molar-refractivity contribution in [3.63, 3.8) is 0 Å². The molecule has 1 aliphatic heterocycles. The van der Waals surface area contributed by atoms with Crippen LogP contribution in [-0.4, -0.2) is 66.9 Å². The number of rotatable bonds is 5. The van der Waals surface area contributed by atoms with Crippen LogP contribution in [0.5, 0.6) is 5.75 Å². The highest BCUT2D eigenvalue weighted by Gasteiger charge is 2.36. The molecule has 3 aromatic heterocycles. The largest absolute Gasteiger partial charge is 0.710 e. The van der Waals surface area contributed by atoms with Gasteiger partial charge in [0.2, 0.25) is 0 Å². The summed E-state index contributed by atoms with van der Waals surface area (Å²) in [5, 5.41) is 25.7. The van der Waals surface area contributed by atoms with Crippen molar-refractivity contribution < 1.29 is 19.4 Å². The molecule has 1 saturated heterocycles. The Morgan fingerprint density at radius 3 is 2.30 bits per heavy atom. The van der Waals surface area contributed by atoms with Gasteiger partial charge in [-0.2, -0.15) is 4.98 Å². The van der Waals surface area contributed by atoms with E-state index in [0.29, 0.717) is 46.8 Å². The Morgan fingerprint density at radius 1 is 1.11 bits per heavy atom. The molecule has 12 nitrogen and oxygen atoms in total. The molecule has 4 heterocycles. The molecule has 0 unspecified atom stereocenters. The van der Waals surface area contributed by atoms with E-state index in [4.69, 9.17) is 16.3 Å². The Labute approximate surface area is 272 Å². The monoisotopic (exact) mass is 649 g/mol. The number of phenols is 1. The van der Waals surface area contributed by atoms with E-state index in [1.165, 1.54) is 17.0 Å². The number of aromatic hydroxyl groups is 1. The van der Waals surface area contributed by atoms with Crippen molar-refractivity contribution in [3.05, 3.63) is 68.8 Å². The maximum Gasteiger partial charge on any atom is 0.442 e. The summed E-state index contributed by atoms with van der Waals surface area (Å²) >= 11 is 6.83. The number of hydrogen-bond donors (Lipinski definition) is 1. The molecule has 5 rings (SSSR count). The number of ether oxygens (including phenoxy) is 1. The molecule has 1 aromatic carbocycles. The zero-order valence-corrected chi connectivity index (χ0v) is 28.2. The molecule has 4 aromatic rings. The first-order valence-electron chi connectivity index (χ1n) is 15.4. The molecule has 1 N–H and O–H groups in total. The highest BCUT2D eigenvalue weighted by atomic mass is 35.5. The maximum absolute atomic E-state index is 14.6. The summed E-state index contributed by atoms with van der Waals surface area (Å²) < 4.78 is 7.44. The molecule has 244 valence electrons. The lowest BCUT2D eigenvalue weighted by molar-refractivity contribution is -0.568. The smallest absolute Gasteiger partial charge is 0.442 e. The summed E-state index contributed by atoms with van der Waals surface area (Å²) in [6.07, 6.45) is 1.04. The Hall–Kier alpha value is -4.45. The summed E-state index contributed by atoms with van der Waals surface area (Å²) in [5.41, 5.74) is 0.363. The van der Waals surface area contributed by atoms with Gasteiger partial charge in [0.25, 0.3) is 0 Å². The van der Waals surface area contributed by atoms with Crippen molar-refractivity contribution in [3.8, 4) is 22.7 Å². The van der Waals surface area contributed by atoms with E-state index in [2.05, 4.69) is 15.0 Å². The van der Waals surface area contributed by atoms with Crippen molar-refractivity contribution in [2.75, 3.05) is 24.5 Å². The lowest BCUT2D eigenvalue weighted by atomic mass is 10.0. The fraction of sp³-hybridized carbons (Fsp3) is 0.455. The Morgan fingerprint density at radius 2 is 1.74 bits per heavy atom. The molecule has 46 heavy (non-hydrogen) atoms. The van der Waals surface area contributed by atoms with Crippen molar-refractivity contribution in [1.82, 2.24) is 24.4 Å². The molecule has 0 radical (unpaired) electrons. The molecule has 0 aliphatic carbocycles. The summed E-state index contributed by atoms with van der Waals surface area (Å²) in [5.74, 6) is -0.125. The van der Waals surface area contributed by atoms with E-state index in [-0.39, 0.29) is 51.4 Å². The first-order valence-corrected chi connectivity index (χ1v) is 15.7. The SMILES string of the molecule is CC(C)c1ncnc(C(C)C)c1-n1c(=O)nc(N2CCN(C(=O)OC(C)(C)C)C[C@@H]2C)c2cc(Cl)c(-c3ccccc3O)[n+]([O-])c21. The highest BCUT2D eigenvalue weighted by molar-refractivity contribution is 6.33. The van der Waals surface area contributed by atoms with Crippen molar-refractivity contribution in [2.24, 2.45) is 0 Å². The number of phenolic OH excluding ortho intramolecular Hbond substituents is 1. The van der Waals surface area contributed by atoms with Crippen molar-refractivity contribution >= 4 is 34.5 Å². The van der Waals surface area contributed by atoms with Crippen LogP contribution in [0, 0.1) is 5.21 Å². The number of nitrogens with zero attached hydrogens (tertiary/aromatic N) is 7. The molecule has 1 aliphatic rings. The Kier molecular flexibility index (Phi) is 8.87. The number of anilines is 1. The number of para-hydroxylation sites is 1. The van der Waals surface area contributed by atoms with E-state index in [0.717, 1.165) is 0 Å². The number of carbonyl (C=O) groups is 1. The van der Waals surface area contributed by atoms with Gasteiger partial charge in [0.1, 0.15) is 23.1 Å². The number of amides is 1. The van der Waals surface area contributed by atoms with Gasteiger partial charge in [-0.25, -0.2) is 24.3 Å². The number of aromatic nitrogens is 5. The molecule has 13 heteroatoms. The van der Waals surface area contributed by atoms with Gasteiger partial charge in [0.05, 0.1) is 22.0 Å². The van der Waals surface area contributed by atoms with E-state index >= 15 is 0 Å². The van der Waals surface area contributed by atoms with Crippen LogP contribution < -0.4 is 15.3 Å². The second kappa shape index (κ2) is 12.4. The molecular formula is C33H40ClN7O5. The Balaban J connectivity index is 1.80. The highest BCUT2D eigenvalue weighted by Crippen LogP contribution is 2.37. The summed E-state index contributed by atoms with van der Waals surface area (Å²) in [6.45, 7) is 16.1. The van der Waals surface area contributed by atoms with Crippen LogP contribution in [0.3, 0.4) is 0 Å². The van der Waals surface area contributed by atoms with Crippen LogP contribution >= 0.6 is 11.6 Å². The molecule has 0 spiro atoms. The first kappa shape index (κ1) is 32.9. The third-order valence-electron chi connectivity index (χ3n) is 7.89. The molecule has 1 atom stereocenters. The molecular weight excluding hydrogens is 610 g/mol. The number of pyridine rings is 1. The topological polar surface area (TPSA) is 141 Å². The third kappa shape index (κ3) is 6.05. The average Bonchev–Trinajstić information content (AvgIpc) is 2.97. The fourth-order valence-corrected chi connectivity index (χ4v) is 6.10. The second-order valence-corrected chi connectivity index (χ2v) is 13.6. The fourth-order valence-electron chi connectivity index (χ4n) is 5.82. The van der Waals surface area contributed by atoms with Gasteiger partial charge >= 0.3 is 17.4 Å². The van der Waals surface area contributed by atoms with Crippen LogP contribution in [0.25, 0.3) is 28.0 Å². The number of fused-ring (bicyclic) bond motifs is 1. The number of halogens is 1. The lowest BCUT2D eigenvalue weighted by Crippen LogP contribution is -2.55. The summed E-state index contributed by atoms with van der Waals surface area (Å²) in [6, 6.07) is 7.69. The number of carbonyl (C=O) groups excluding carboxylic acids is 1. The molecule has 0 saturated carbocycles. The molecule has 0 bridgehead atoms. The summed E-state index contributed by atoms with van der Waals surface area (Å²) in [4.78, 5) is 44.3. The number of hydrogen-bond acceptors (Lipinski definition) is 9. The van der Waals surface area contributed by atoms with Crippen LogP contribution in [0.4, 0.5) is 10.6 Å². The summed E-state index contributed by atoms with van der Waals surface area (Å²) in [7, 11) is 0. The Bertz CT molecular complexity index is 1840. The minimum Gasteiger partial charge on any atom is -0.710 e. The van der Waals surface area contributed by atoms with Crippen molar-refractivity contribution in [2.45, 2.75) is 78.9 Å². The van der Waals surface area contributed by atoms with Gasteiger partial charge in [-0.3, -0.25) is 0 Å². The second-order valence-electron chi connectivity index (χ2n) is 13.2. The van der Waals surface area contributed by atoms with Crippen LogP contribution in [0.1, 0.15) is 78.6 Å². The van der Waals surface area contributed by atoms with E-state index in [9.17, 15) is 19.9 Å². The zero-order valence-electron chi connectivity index (χ0n) is 27.4. The van der Waals surface area contributed by atoms with Crippen LogP contribution in [0.15, 0.2) is 41.5 Å². The van der Waals surface area contributed by atoms with Gasteiger partial charge < -0.3 is 24.9 Å². The van der Waals surface area contributed by atoms with E-state index in [1.54, 1.807) is 29.2 Å².